The van der Waals surface area contributed by atoms with Crippen molar-refractivity contribution < 1.29 is 9.59 Å². The molecule has 1 aromatic rings. The van der Waals surface area contributed by atoms with Gasteiger partial charge in [0.1, 0.15) is 0 Å². The van der Waals surface area contributed by atoms with Crippen molar-refractivity contribution in [2.24, 2.45) is 34.5 Å². The van der Waals surface area contributed by atoms with Crippen LogP contribution in [-0.2, 0) is 9.59 Å². The van der Waals surface area contributed by atoms with Crippen LogP contribution in [0.25, 0.3) is 0 Å². The summed E-state index contributed by atoms with van der Waals surface area (Å²) in [6, 6.07) is 8.13. The van der Waals surface area contributed by atoms with Gasteiger partial charge in [-0.15, -0.1) is 0 Å². The number of anilines is 1. The Morgan fingerprint density at radius 1 is 1.09 bits per heavy atom. The fourth-order valence-corrected chi connectivity index (χ4v) is 8.49. The second-order valence-electron chi connectivity index (χ2n) is 11.6. The molecule has 0 aromatic heterocycles. The Bertz CT molecular complexity index is 997. The zero-order valence-electron chi connectivity index (χ0n) is 20.3. The number of carbonyl (C=O) groups excluding carboxylic acids is 2. The van der Waals surface area contributed by atoms with E-state index in [2.05, 4.69) is 45.1 Å². The van der Waals surface area contributed by atoms with Gasteiger partial charge in [-0.1, -0.05) is 31.6 Å². The lowest BCUT2D eigenvalue weighted by Gasteiger charge is -2.59. The molecule has 4 aliphatic rings. The number of rotatable bonds is 2. The van der Waals surface area contributed by atoms with Gasteiger partial charge in [0.2, 0.25) is 11.8 Å². The van der Waals surface area contributed by atoms with Gasteiger partial charge in [0.25, 0.3) is 0 Å². The highest BCUT2D eigenvalue weighted by Crippen LogP contribution is 2.66. The standard InChI is InChI=1S/C28H38N2O2/c1-17-7-6-8-19(15-17)29-26(32)23-10-9-21-20-16-18(2)25-28(4,14-12-24(31)30(25)5)22(20)11-13-27(21,23)3/h6-8,15,20-23H,9-14,16H2,1-5H3,(H,29,32)/t20-,21-,22-,23+,27-,28+/m0/s1. The number of carbonyl (C=O) groups is 2. The van der Waals surface area contributed by atoms with Gasteiger partial charge < -0.3 is 10.2 Å². The first-order chi connectivity index (χ1) is 15.1. The predicted octanol–water partition coefficient (Wildman–Crippen LogP) is 5.93. The molecule has 2 amide bonds. The molecule has 5 rings (SSSR count). The van der Waals surface area contributed by atoms with Gasteiger partial charge in [-0.2, -0.15) is 0 Å². The molecule has 2 saturated carbocycles. The number of allylic oxidation sites excluding steroid dienone is 2. The van der Waals surface area contributed by atoms with Crippen LogP contribution in [0.5, 0.6) is 0 Å². The molecule has 4 nitrogen and oxygen atoms in total. The van der Waals surface area contributed by atoms with Crippen LogP contribution in [0, 0.1) is 41.4 Å². The Hall–Kier alpha value is -2.10. The number of piperidine rings is 1. The Morgan fingerprint density at radius 2 is 1.88 bits per heavy atom. The molecule has 1 saturated heterocycles. The number of fused-ring (bicyclic) bond motifs is 5. The minimum absolute atomic E-state index is 0.0691. The smallest absolute Gasteiger partial charge is 0.228 e. The minimum atomic E-state index is 0.0691. The molecule has 4 heteroatoms. The minimum Gasteiger partial charge on any atom is -0.326 e. The van der Waals surface area contributed by atoms with Gasteiger partial charge >= 0.3 is 0 Å². The van der Waals surface area contributed by atoms with Crippen LogP contribution < -0.4 is 5.32 Å². The van der Waals surface area contributed by atoms with E-state index >= 15 is 0 Å². The first kappa shape index (κ1) is 21.7. The zero-order chi connectivity index (χ0) is 22.8. The third kappa shape index (κ3) is 3.08. The number of aryl methyl sites for hydroxylation is 1. The molecule has 1 aromatic carbocycles. The van der Waals surface area contributed by atoms with Crippen LogP contribution in [0.3, 0.4) is 0 Å². The SMILES string of the molecule is CC1=C2N(C)C(=O)CC[C@]2(C)[C@H]2CC[C@]3(C)[C@@H](C(=O)Nc4cccc(C)c4)CC[C@H]3[C@@H]2C1. The number of likely N-dealkylation sites (tertiary alicyclic amines) is 1. The zero-order valence-corrected chi connectivity index (χ0v) is 20.3. The van der Waals surface area contributed by atoms with Crippen LogP contribution in [0.15, 0.2) is 35.5 Å². The molecule has 1 heterocycles. The second kappa shape index (κ2) is 7.46. The summed E-state index contributed by atoms with van der Waals surface area (Å²) in [5.74, 6) is 2.39. The van der Waals surface area contributed by atoms with Crippen LogP contribution in [-0.4, -0.2) is 23.8 Å². The fourth-order valence-electron chi connectivity index (χ4n) is 8.49. The van der Waals surface area contributed by atoms with Crippen molar-refractivity contribution in [1.29, 1.82) is 0 Å². The van der Waals surface area contributed by atoms with Crippen molar-refractivity contribution in [3.8, 4) is 0 Å². The topological polar surface area (TPSA) is 49.4 Å². The summed E-state index contributed by atoms with van der Waals surface area (Å²) in [6.07, 6.45) is 7.15. The molecule has 1 N–H and O–H groups in total. The Labute approximate surface area is 192 Å². The van der Waals surface area contributed by atoms with Gasteiger partial charge in [-0.25, -0.2) is 0 Å². The van der Waals surface area contributed by atoms with Gasteiger partial charge in [0.05, 0.1) is 0 Å². The number of amides is 2. The monoisotopic (exact) mass is 434 g/mol. The van der Waals surface area contributed by atoms with Crippen molar-refractivity contribution in [3.63, 3.8) is 0 Å². The van der Waals surface area contributed by atoms with E-state index in [0.29, 0.717) is 24.2 Å². The third-order valence-corrected chi connectivity index (χ3v) is 9.91. The molecule has 6 atom stereocenters. The normalized spacial score (nSPS) is 38.8. The van der Waals surface area contributed by atoms with E-state index in [1.807, 2.05) is 24.1 Å². The summed E-state index contributed by atoms with van der Waals surface area (Å²) < 4.78 is 0. The number of nitrogens with zero attached hydrogens (tertiary/aromatic N) is 1. The maximum absolute atomic E-state index is 13.4. The van der Waals surface area contributed by atoms with E-state index in [9.17, 15) is 9.59 Å². The summed E-state index contributed by atoms with van der Waals surface area (Å²) in [4.78, 5) is 27.9. The van der Waals surface area contributed by atoms with E-state index in [1.165, 1.54) is 23.3 Å². The summed E-state index contributed by atoms with van der Waals surface area (Å²) in [5.41, 5.74) is 4.97. The van der Waals surface area contributed by atoms with Crippen molar-refractivity contribution in [3.05, 3.63) is 41.1 Å². The molecule has 172 valence electrons. The van der Waals surface area contributed by atoms with E-state index in [4.69, 9.17) is 0 Å². The number of hydrogen-bond acceptors (Lipinski definition) is 2. The first-order valence-electron chi connectivity index (χ1n) is 12.5. The van der Waals surface area contributed by atoms with E-state index in [0.717, 1.165) is 37.8 Å². The Balaban J connectivity index is 1.42. The molecule has 0 unspecified atom stereocenters. The van der Waals surface area contributed by atoms with Crippen LogP contribution in [0.4, 0.5) is 5.69 Å². The number of nitrogens with one attached hydrogen (secondary N) is 1. The second-order valence-corrected chi connectivity index (χ2v) is 11.6. The fraction of sp³-hybridized carbons (Fsp3) is 0.643. The maximum atomic E-state index is 13.4. The average molecular weight is 435 g/mol. The van der Waals surface area contributed by atoms with E-state index < -0.39 is 0 Å². The highest BCUT2D eigenvalue weighted by molar-refractivity contribution is 5.93. The van der Waals surface area contributed by atoms with E-state index in [-0.39, 0.29) is 28.6 Å². The number of hydrogen-bond donors (Lipinski definition) is 1. The first-order valence-corrected chi connectivity index (χ1v) is 12.5. The largest absolute Gasteiger partial charge is 0.326 e. The maximum Gasteiger partial charge on any atom is 0.228 e. The molecule has 3 fully saturated rings. The highest BCUT2D eigenvalue weighted by atomic mass is 16.2. The molecule has 0 spiro atoms. The average Bonchev–Trinajstić information content (AvgIpc) is 3.09. The molecule has 32 heavy (non-hydrogen) atoms. The summed E-state index contributed by atoms with van der Waals surface area (Å²) in [6.45, 7) is 9.13. The van der Waals surface area contributed by atoms with Crippen molar-refractivity contribution in [1.82, 2.24) is 4.90 Å². The van der Waals surface area contributed by atoms with Crippen LogP contribution >= 0.6 is 0 Å². The highest BCUT2D eigenvalue weighted by Gasteiger charge is 2.61. The van der Waals surface area contributed by atoms with Gasteiger partial charge in [-0.3, -0.25) is 9.59 Å². The molecule has 1 aliphatic heterocycles. The number of benzene rings is 1. The van der Waals surface area contributed by atoms with Crippen LogP contribution in [0.1, 0.15) is 71.3 Å². The molecular weight excluding hydrogens is 396 g/mol. The lowest BCUT2D eigenvalue weighted by Crippen LogP contribution is -2.54. The van der Waals surface area contributed by atoms with Crippen LogP contribution in [0.2, 0.25) is 0 Å². The van der Waals surface area contributed by atoms with E-state index in [1.54, 1.807) is 0 Å². The third-order valence-electron chi connectivity index (χ3n) is 9.91. The van der Waals surface area contributed by atoms with Gasteiger partial charge in [0, 0.05) is 36.2 Å². The van der Waals surface area contributed by atoms with Crippen molar-refractivity contribution >= 4 is 17.5 Å². The quantitative estimate of drug-likeness (QED) is 0.627. The summed E-state index contributed by atoms with van der Waals surface area (Å²) >= 11 is 0. The summed E-state index contributed by atoms with van der Waals surface area (Å²) in [5, 5.41) is 3.23. The predicted molar refractivity (Wildman–Crippen MR) is 128 cm³/mol. The van der Waals surface area contributed by atoms with Gasteiger partial charge in [0.15, 0.2) is 0 Å². The lowest BCUT2D eigenvalue weighted by atomic mass is 9.48. The molecule has 0 bridgehead atoms. The summed E-state index contributed by atoms with van der Waals surface area (Å²) in [7, 11) is 1.98. The van der Waals surface area contributed by atoms with Gasteiger partial charge in [-0.05, 0) is 93.2 Å². The molecule has 0 radical (unpaired) electrons. The van der Waals surface area contributed by atoms with Crippen molar-refractivity contribution in [2.45, 2.75) is 72.6 Å². The molecular formula is C28H38N2O2. The van der Waals surface area contributed by atoms with Crippen molar-refractivity contribution in [2.75, 3.05) is 12.4 Å². The Kier molecular flexibility index (Phi) is 5.07. The molecule has 3 aliphatic carbocycles. The Morgan fingerprint density at radius 3 is 2.62 bits per heavy atom. The lowest BCUT2D eigenvalue weighted by molar-refractivity contribution is -0.137.